The first-order chi connectivity index (χ1) is 14.7. The van der Waals surface area contributed by atoms with Crippen molar-refractivity contribution in [2.45, 2.75) is 43.6 Å². The molecule has 0 atom stereocenters. The van der Waals surface area contributed by atoms with Gasteiger partial charge in [0.05, 0.1) is 36.7 Å². The largest absolute Gasteiger partial charge is 0.861 e. The predicted octanol–water partition coefficient (Wildman–Crippen LogP) is 1.04. The molecule has 2 aromatic rings. The van der Waals surface area contributed by atoms with Gasteiger partial charge in [0.2, 0.25) is 5.27 Å². The van der Waals surface area contributed by atoms with Gasteiger partial charge in [-0.25, -0.2) is 9.98 Å². The molecule has 2 aliphatic rings. The Balaban J connectivity index is 1.43. The van der Waals surface area contributed by atoms with E-state index in [2.05, 4.69) is 16.3 Å². The number of hydrogen-bond acceptors (Lipinski definition) is 9. The van der Waals surface area contributed by atoms with E-state index in [4.69, 9.17) is 14.2 Å². The molecule has 0 aromatic carbocycles. The van der Waals surface area contributed by atoms with Crippen molar-refractivity contribution in [2.24, 2.45) is 4.99 Å². The smallest absolute Gasteiger partial charge is 0.324 e. The van der Waals surface area contributed by atoms with Crippen LogP contribution in [0.3, 0.4) is 0 Å². The Morgan fingerprint density at radius 3 is 2.87 bits per heavy atom. The van der Waals surface area contributed by atoms with Crippen LogP contribution in [0.15, 0.2) is 26.8 Å². The van der Waals surface area contributed by atoms with Crippen LogP contribution in [0, 0.1) is 11.3 Å². The second-order valence-corrected chi connectivity index (χ2v) is 8.26. The van der Waals surface area contributed by atoms with Gasteiger partial charge < -0.3 is 9.84 Å². The van der Waals surface area contributed by atoms with E-state index >= 15 is 0 Å². The monoisotopic (exact) mass is 428 g/mol. The van der Waals surface area contributed by atoms with Crippen molar-refractivity contribution < 1.29 is 19.2 Å². The average Bonchev–Trinajstić information content (AvgIpc) is 3.22. The molecule has 2 aromatic heterocycles. The summed E-state index contributed by atoms with van der Waals surface area (Å²) < 4.78 is 10.5. The quantitative estimate of drug-likeness (QED) is 0.300. The topological polar surface area (TPSA) is 114 Å². The molecule has 0 amide bonds. The van der Waals surface area contributed by atoms with Crippen LogP contribution < -0.4 is 14.9 Å². The second-order valence-electron chi connectivity index (χ2n) is 7.29. The molecular formula is C20H24N6O3S. The van der Waals surface area contributed by atoms with Crippen molar-refractivity contribution in [3.63, 3.8) is 0 Å². The molecule has 1 fully saturated rings. The van der Waals surface area contributed by atoms with Gasteiger partial charge in [-0.2, -0.15) is 5.26 Å². The Kier molecular flexibility index (Phi) is 6.81. The maximum absolute atomic E-state index is 12.3. The molecule has 30 heavy (non-hydrogen) atoms. The molecule has 1 aliphatic carbocycles. The normalized spacial score (nSPS) is 17.7. The maximum Gasteiger partial charge on any atom is 0.324 e. The van der Waals surface area contributed by atoms with Crippen LogP contribution in [-0.4, -0.2) is 48.2 Å². The van der Waals surface area contributed by atoms with Crippen molar-refractivity contribution in [3.05, 3.63) is 29.1 Å². The summed E-state index contributed by atoms with van der Waals surface area (Å²) >= 11 is 1.25. The molecule has 0 radical (unpaired) electrons. The number of morpholine rings is 1. The number of fused-ring (bicyclic) bond motifs is 1. The number of aromatic nitrogens is 3. The van der Waals surface area contributed by atoms with Gasteiger partial charge >= 0.3 is 5.88 Å². The fourth-order valence-electron chi connectivity index (χ4n) is 3.61. The van der Waals surface area contributed by atoms with E-state index in [1.54, 1.807) is 11.0 Å². The Bertz CT molecular complexity index is 949. The summed E-state index contributed by atoms with van der Waals surface area (Å²) in [6.45, 7) is 2.64. The van der Waals surface area contributed by atoms with E-state index in [0.717, 1.165) is 31.4 Å². The zero-order chi connectivity index (χ0) is 20.8. The van der Waals surface area contributed by atoms with Gasteiger partial charge in [0.1, 0.15) is 11.1 Å². The molecule has 0 saturated carbocycles. The molecule has 1 saturated heterocycles. The number of hydrogen-bond donors (Lipinski definition) is 0. The van der Waals surface area contributed by atoms with Crippen molar-refractivity contribution in [1.82, 2.24) is 10.3 Å². The summed E-state index contributed by atoms with van der Waals surface area (Å²) in [5.41, 5.74) is 2.75. The minimum Gasteiger partial charge on any atom is -0.861 e. The van der Waals surface area contributed by atoms with Crippen LogP contribution >= 0.6 is 11.8 Å². The van der Waals surface area contributed by atoms with E-state index in [0.29, 0.717) is 36.9 Å². The summed E-state index contributed by atoms with van der Waals surface area (Å²) in [5.74, 6) is -0.125. The Labute approximate surface area is 179 Å². The number of aryl methyl sites for hydroxylation is 2. The molecule has 10 heteroatoms. The lowest BCUT2D eigenvalue weighted by molar-refractivity contribution is -0.759. The molecule has 158 valence electrons. The first kappa shape index (κ1) is 20.6. The third kappa shape index (κ3) is 5.09. The van der Waals surface area contributed by atoms with Crippen LogP contribution in [0.5, 0.6) is 0 Å². The molecule has 1 aliphatic heterocycles. The molecule has 0 unspecified atom stereocenters. The third-order valence-corrected chi connectivity index (χ3v) is 6.15. The van der Waals surface area contributed by atoms with Crippen LogP contribution in [0.4, 0.5) is 5.88 Å². The van der Waals surface area contributed by atoms with Gasteiger partial charge in [-0.1, -0.05) is 24.6 Å². The Hall–Kier alpha value is -2.64. The average molecular weight is 429 g/mol. The fourth-order valence-corrected chi connectivity index (χ4v) is 4.37. The molecular weight excluding hydrogens is 404 g/mol. The number of nitrogens with zero attached hydrogens (tertiary/aromatic N) is 6. The lowest BCUT2D eigenvalue weighted by Crippen LogP contribution is -2.62. The summed E-state index contributed by atoms with van der Waals surface area (Å²) in [7, 11) is 0. The number of aliphatic imine (C=N–C) groups is 1. The first-order valence-electron chi connectivity index (χ1n) is 10.2. The van der Waals surface area contributed by atoms with Crippen LogP contribution in [-0.2, 0) is 17.6 Å². The van der Waals surface area contributed by atoms with E-state index in [9.17, 15) is 10.4 Å². The highest BCUT2D eigenvalue weighted by molar-refractivity contribution is 7.99. The SMILES string of the molecule is N#Cc1cc2c(nc1SC/C([O-])=N\c1c[n+](N3CCOCC3)no1)CCCCCC2. The van der Waals surface area contributed by atoms with Gasteiger partial charge in [-0.15, -0.1) is 5.01 Å². The van der Waals surface area contributed by atoms with E-state index in [1.165, 1.54) is 30.2 Å². The van der Waals surface area contributed by atoms with Crippen LogP contribution in [0.25, 0.3) is 0 Å². The summed E-state index contributed by atoms with van der Waals surface area (Å²) in [4.78, 5) is 10.2. The van der Waals surface area contributed by atoms with E-state index < -0.39 is 0 Å². The minimum absolute atomic E-state index is 0.0821. The molecule has 3 heterocycles. The standard InChI is InChI=1S/C20H24N6O3S/c21-12-16-11-15-5-3-1-2-4-6-17(15)22-20(16)30-14-18(27)23-19-13-26(24-29-19)25-7-9-28-10-8-25/h11,13H,1-10,14H2. The zero-order valence-corrected chi connectivity index (χ0v) is 17.6. The van der Waals surface area contributed by atoms with Crippen LogP contribution in [0.2, 0.25) is 0 Å². The highest BCUT2D eigenvalue weighted by atomic mass is 32.2. The zero-order valence-electron chi connectivity index (χ0n) is 16.7. The van der Waals surface area contributed by atoms with Crippen molar-refractivity contribution in [1.29, 1.82) is 5.26 Å². The van der Waals surface area contributed by atoms with E-state index in [-0.39, 0.29) is 17.5 Å². The van der Waals surface area contributed by atoms with Gasteiger partial charge in [0, 0.05) is 11.4 Å². The predicted molar refractivity (Wildman–Crippen MR) is 108 cm³/mol. The lowest BCUT2D eigenvalue weighted by Gasteiger charge is -2.18. The maximum atomic E-state index is 12.3. The molecule has 0 spiro atoms. The van der Waals surface area contributed by atoms with Gasteiger partial charge in [-0.3, -0.25) is 4.52 Å². The highest BCUT2D eigenvalue weighted by Gasteiger charge is 2.22. The summed E-state index contributed by atoms with van der Waals surface area (Å²) in [5, 5.41) is 28.3. The Morgan fingerprint density at radius 2 is 2.07 bits per heavy atom. The van der Waals surface area contributed by atoms with Crippen molar-refractivity contribution in [3.8, 4) is 6.07 Å². The number of nitriles is 1. The van der Waals surface area contributed by atoms with Crippen molar-refractivity contribution in [2.75, 3.05) is 37.1 Å². The molecule has 0 bridgehead atoms. The van der Waals surface area contributed by atoms with Crippen LogP contribution in [0.1, 0.15) is 42.5 Å². The minimum atomic E-state index is -0.359. The Morgan fingerprint density at radius 1 is 1.27 bits per heavy atom. The number of thioether (sulfide) groups is 1. The van der Waals surface area contributed by atoms with Gasteiger partial charge in [-0.05, 0) is 43.2 Å². The molecule has 9 nitrogen and oxygen atoms in total. The van der Waals surface area contributed by atoms with E-state index in [1.807, 2.05) is 11.1 Å². The number of rotatable bonds is 5. The highest BCUT2D eigenvalue weighted by Crippen LogP contribution is 2.26. The first-order valence-corrected chi connectivity index (χ1v) is 11.2. The summed E-state index contributed by atoms with van der Waals surface area (Å²) in [6.07, 6.45) is 8.14. The third-order valence-electron chi connectivity index (χ3n) is 5.17. The van der Waals surface area contributed by atoms with Gasteiger partial charge in [0.25, 0.3) is 6.20 Å². The molecule has 0 N–H and O–H groups in total. The lowest BCUT2D eigenvalue weighted by atomic mass is 9.96. The van der Waals surface area contributed by atoms with Gasteiger partial charge in [0.15, 0.2) is 0 Å². The van der Waals surface area contributed by atoms with Crippen molar-refractivity contribution >= 4 is 23.5 Å². The fraction of sp³-hybridized carbons (Fsp3) is 0.550. The molecule has 4 rings (SSSR count). The second kappa shape index (κ2) is 9.91. The summed E-state index contributed by atoms with van der Waals surface area (Å²) in [6, 6.07) is 4.17. The number of ether oxygens (including phenoxy) is 1. The number of pyridine rings is 1.